The molecule has 0 aliphatic carbocycles. The van der Waals surface area contributed by atoms with Gasteiger partial charge in [0.1, 0.15) is 0 Å². The van der Waals surface area contributed by atoms with Crippen molar-refractivity contribution in [1.29, 1.82) is 0 Å². The van der Waals surface area contributed by atoms with Crippen LogP contribution in [0.25, 0.3) is 0 Å². The van der Waals surface area contributed by atoms with Crippen LogP contribution in [0.15, 0.2) is 18.2 Å². The summed E-state index contributed by atoms with van der Waals surface area (Å²) in [5.41, 5.74) is 2.81. The third-order valence-corrected chi connectivity index (χ3v) is 6.54. The van der Waals surface area contributed by atoms with Gasteiger partial charge >= 0.3 is 0 Å². The Kier molecular flexibility index (Phi) is 5.87. The van der Waals surface area contributed by atoms with Crippen LogP contribution in [0.1, 0.15) is 30.9 Å². The normalized spacial score (nSPS) is 18.8. The van der Waals surface area contributed by atoms with E-state index in [1.165, 1.54) is 11.8 Å². The molecule has 2 rings (SSSR count). The Balaban J connectivity index is 2.06. The molecule has 1 aromatic rings. The van der Waals surface area contributed by atoms with E-state index < -0.39 is 9.84 Å². The second-order valence-corrected chi connectivity index (χ2v) is 8.95. The van der Waals surface area contributed by atoms with E-state index in [1.807, 2.05) is 32.0 Å². The van der Waals surface area contributed by atoms with Gasteiger partial charge in [-0.2, -0.15) is 0 Å². The third kappa shape index (κ3) is 4.60. The van der Waals surface area contributed by atoms with Gasteiger partial charge in [-0.1, -0.05) is 18.2 Å². The van der Waals surface area contributed by atoms with Crippen molar-refractivity contribution in [3.63, 3.8) is 0 Å². The number of hydrogen-bond acceptors (Lipinski definition) is 4. The highest BCUT2D eigenvalue weighted by atomic mass is 32.2. The molecule has 25 heavy (non-hydrogen) atoms. The molecule has 1 fully saturated rings. The molecule has 7 heteroatoms. The topological polar surface area (TPSA) is 74.8 Å². The molecule has 1 saturated heterocycles. The Morgan fingerprint density at radius 2 is 1.80 bits per heavy atom. The number of amides is 2. The molecular weight excluding hydrogens is 340 g/mol. The highest BCUT2D eigenvalue weighted by molar-refractivity contribution is 7.91. The van der Waals surface area contributed by atoms with E-state index in [-0.39, 0.29) is 42.3 Å². The van der Waals surface area contributed by atoms with Gasteiger partial charge in [0.2, 0.25) is 11.8 Å². The zero-order chi connectivity index (χ0) is 18.8. The van der Waals surface area contributed by atoms with Crippen molar-refractivity contribution in [2.24, 2.45) is 0 Å². The minimum atomic E-state index is -3.03. The van der Waals surface area contributed by atoms with E-state index in [9.17, 15) is 18.0 Å². The minimum absolute atomic E-state index is 0.0303. The fourth-order valence-corrected chi connectivity index (χ4v) is 5.10. The zero-order valence-electron chi connectivity index (χ0n) is 15.3. The quantitative estimate of drug-likeness (QED) is 0.795. The van der Waals surface area contributed by atoms with Gasteiger partial charge in [-0.25, -0.2) is 8.42 Å². The molecule has 0 radical (unpaired) electrons. The molecule has 0 bridgehead atoms. The Labute approximate surface area is 149 Å². The number of sulfone groups is 1. The predicted octanol–water partition coefficient (Wildman–Crippen LogP) is 1.69. The summed E-state index contributed by atoms with van der Waals surface area (Å²) in [6.07, 6.45) is 0.651. The zero-order valence-corrected chi connectivity index (χ0v) is 16.1. The number of anilines is 1. The highest BCUT2D eigenvalue weighted by Gasteiger charge is 2.32. The minimum Gasteiger partial charge on any atom is -0.342 e. The number of carbonyl (C=O) groups is 2. The van der Waals surface area contributed by atoms with Crippen LogP contribution >= 0.6 is 0 Å². The number of nitrogens with zero attached hydrogens (tertiary/aromatic N) is 2. The number of aryl methyl sites for hydroxylation is 2. The van der Waals surface area contributed by atoms with Crippen LogP contribution in [-0.4, -0.2) is 56.3 Å². The predicted molar refractivity (Wildman–Crippen MR) is 98.4 cm³/mol. The van der Waals surface area contributed by atoms with E-state index in [0.29, 0.717) is 6.42 Å². The standard InChI is InChI=1S/C18H26N2O4S/c1-13-6-5-7-14(2)18(13)20(15(3)21)10-8-17(22)19(4)16-9-11-25(23,24)12-16/h5-7,16H,8-12H2,1-4H3. The van der Waals surface area contributed by atoms with Gasteiger partial charge in [0.15, 0.2) is 9.84 Å². The maximum absolute atomic E-state index is 12.5. The fourth-order valence-electron chi connectivity index (χ4n) is 3.33. The summed E-state index contributed by atoms with van der Waals surface area (Å²) in [7, 11) is -1.39. The van der Waals surface area contributed by atoms with Crippen LogP contribution in [0.3, 0.4) is 0 Å². The molecule has 1 aliphatic heterocycles. The molecule has 0 aromatic heterocycles. The van der Waals surface area contributed by atoms with Crippen molar-refractivity contribution in [2.75, 3.05) is 30.0 Å². The average molecular weight is 366 g/mol. The average Bonchev–Trinajstić information content (AvgIpc) is 2.88. The van der Waals surface area contributed by atoms with Crippen LogP contribution < -0.4 is 4.90 Å². The number of rotatable bonds is 5. The highest BCUT2D eigenvalue weighted by Crippen LogP contribution is 2.25. The smallest absolute Gasteiger partial charge is 0.224 e. The van der Waals surface area contributed by atoms with E-state index >= 15 is 0 Å². The Morgan fingerprint density at radius 3 is 2.28 bits per heavy atom. The van der Waals surface area contributed by atoms with Crippen LogP contribution in [0, 0.1) is 13.8 Å². The van der Waals surface area contributed by atoms with Crippen molar-refractivity contribution < 1.29 is 18.0 Å². The van der Waals surface area contributed by atoms with E-state index in [1.54, 1.807) is 11.9 Å². The van der Waals surface area contributed by atoms with E-state index in [4.69, 9.17) is 0 Å². The first-order valence-electron chi connectivity index (χ1n) is 8.43. The summed E-state index contributed by atoms with van der Waals surface area (Å²) in [6, 6.07) is 5.56. The molecule has 1 aromatic carbocycles. The Bertz CT molecular complexity index is 753. The van der Waals surface area contributed by atoms with E-state index in [0.717, 1.165) is 16.8 Å². The molecule has 6 nitrogen and oxygen atoms in total. The van der Waals surface area contributed by atoms with Crippen molar-refractivity contribution in [2.45, 2.75) is 39.7 Å². The summed E-state index contributed by atoms with van der Waals surface area (Å²) in [6.45, 7) is 5.65. The fraction of sp³-hybridized carbons (Fsp3) is 0.556. The third-order valence-electron chi connectivity index (χ3n) is 4.79. The van der Waals surface area contributed by atoms with Gasteiger partial charge in [0.25, 0.3) is 0 Å². The lowest BCUT2D eigenvalue weighted by molar-refractivity contribution is -0.131. The van der Waals surface area contributed by atoms with E-state index in [2.05, 4.69) is 0 Å². The molecule has 138 valence electrons. The van der Waals surface area contributed by atoms with Crippen LogP contribution in [-0.2, 0) is 19.4 Å². The summed E-state index contributed by atoms with van der Waals surface area (Å²) in [4.78, 5) is 27.7. The van der Waals surface area contributed by atoms with Crippen molar-refractivity contribution >= 4 is 27.3 Å². The largest absolute Gasteiger partial charge is 0.342 e. The number of carbonyl (C=O) groups excluding carboxylic acids is 2. The van der Waals surface area contributed by atoms with Crippen molar-refractivity contribution in [1.82, 2.24) is 4.90 Å². The van der Waals surface area contributed by atoms with Gasteiger partial charge < -0.3 is 9.80 Å². The molecule has 1 aliphatic rings. The van der Waals surface area contributed by atoms with Crippen LogP contribution in [0.4, 0.5) is 5.69 Å². The van der Waals surface area contributed by atoms with Gasteiger partial charge in [0.05, 0.1) is 11.5 Å². The molecule has 1 heterocycles. The Morgan fingerprint density at radius 1 is 1.20 bits per heavy atom. The lowest BCUT2D eigenvalue weighted by atomic mass is 10.1. The number of para-hydroxylation sites is 1. The number of hydrogen-bond donors (Lipinski definition) is 0. The number of benzene rings is 1. The first-order valence-corrected chi connectivity index (χ1v) is 10.2. The van der Waals surface area contributed by atoms with Crippen molar-refractivity contribution in [3.8, 4) is 0 Å². The summed E-state index contributed by atoms with van der Waals surface area (Å²) < 4.78 is 23.2. The van der Waals surface area contributed by atoms with Crippen LogP contribution in [0.2, 0.25) is 0 Å². The lowest BCUT2D eigenvalue weighted by Gasteiger charge is -2.27. The molecule has 0 saturated carbocycles. The van der Waals surface area contributed by atoms with Gasteiger partial charge in [-0.05, 0) is 31.4 Å². The maximum Gasteiger partial charge on any atom is 0.224 e. The lowest BCUT2D eigenvalue weighted by Crippen LogP contribution is -2.40. The summed E-state index contributed by atoms with van der Waals surface area (Å²) in [5, 5.41) is 0. The second-order valence-electron chi connectivity index (χ2n) is 6.72. The SMILES string of the molecule is CC(=O)N(CCC(=O)N(C)C1CCS(=O)(=O)C1)c1c(C)cccc1C. The molecule has 0 N–H and O–H groups in total. The molecular formula is C18H26N2O4S. The van der Waals surface area contributed by atoms with Gasteiger partial charge in [-0.15, -0.1) is 0 Å². The summed E-state index contributed by atoms with van der Waals surface area (Å²) >= 11 is 0. The molecule has 0 spiro atoms. The Hall–Kier alpha value is -1.89. The summed E-state index contributed by atoms with van der Waals surface area (Å²) in [5.74, 6) is -0.0873. The molecule has 1 atom stereocenters. The molecule has 1 unspecified atom stereocenters. The van der Waals surface area contributed by atoms with Crippen LogP contribution in [0.5, 0.6) is 0 Å². The first kappa shape index (κ1) is 19.4. The van der Waals surface area contributed by atoms with Gasteiger partial charge in [0, 0.05) is 38.7 Å². The second kappa shape index (κ2) is 7.56. The van der Waals surface area contributed by atoms with Crippen molar-refractivity contribution in [3.05, 3.63) is 29.3 Å². The molecule has 2 amide bonds. The maximum atomic E-state index is 12.5. The first-order chi connectivity index (χ1) is 11.6. The van der Waals surface area contributed by atoms with Gasteiger partial charge in [-0.3, -0.25) is 9.59 Å². The monoisotopic (exact) mass is 366 g/mol.